The van der Waals surface area contributed by atoms with Crippen LogP contribution in [0.5, 0.6) is 0 Å². The van der Waals surface area contributed by atoms with Crippen LogP contribution >= 0.6 is 0 Å². The van der Waals surface area contributed by atoms with E-state index in [4.69, 9.17) is 0 Å². The fourth-order valence-electron chi connectivity index (χ4n) is 3.69. The third-order valence-corrected chi connectivity index (χ3v) is 5.23. The van der Waals surface area contributed by atoms with Gasteiger partial charge in [0.25, 0.3) is 0 Å². The van der Waals surface area contributed by atoms with Crippen LogP contribution in [-0.2, 0) is 16.1 Å². The van der Waals surface area contributed by atoms with Crippen LogP contribution in [0, 0.1) is 6.92 Å². The number of rotatable bonds is 5. The zero-order chi connectivity index (χ0) is 21.8. The molecule has 8 nitrogen and oxygen atoms in total. The standard InChI is InChI=1S/C23H25N5O3/c1-16-8-10-24-28(16)20-7-3-6-19(13-20)26-23(31)22(30)25-18-5-2-4-17(12-18)14-27-11-9-21(29)15-27/h2-8,10,12-13,21,29H,9,11,14-15H2,1H3,(H,25,30)(H,26,31). The molecule has 2 heterocycles. The normalized spacial score (nSPS) is 16.3. The van der Waals surface area contributed by atoms with Crippen LogP contribution in [0.1, 0.15) is 17.7 Å². The van der Waals surface area contributed by atoms with E-state index in [1.807, 2.05) is 37.3 Å². The maximum Gasteiger partial charge on any atom is 0.314 e. The Labute approximate surface area is 180 Å². The number of β-amino-alcohol motifs (C(OH)–C–C–N with tert-alkyl or cyclic N) is 1. The number of aliphatic hydroxyl groups excluding tert-OH is 1. The quantitative estimate of drug-likeness (QED) is 0.551. The summed E-state index contributed by atoms with van der Waals surface area (Å²) in [5.74, 6) is -1.49. The first-order valence-electron chi connectivity index (χ1n) is 10.2. The highest BCUT2D eigenvalue weighted by atomic mass is 16.3. The van der Waals surface area contributed by atoms with Gasteiger partial charge in [0.1, 0.15) is 0 Å². The molecule has 2 aromatic carbocycles. The SMILES string of the molecule is Cc1ccnn1-c1cccc(NC(=O)C(=O)Nc2cccc(CN3CCC(O)C3)c2)c1. The monoisotopic (exact) mass is 419 g/mol. The molecule has 1 aliphatic rings. The average molecular weight is 419 g/mol. The highest BCUT2D eigenvalue weighted by Crippen LogP contribution is 2.18. The minimum absolute atomic E-state index is 0.276. The van der Waals surface area contributed by atoms with Crippen LogP contribution in [-0.4, -0.2) is 50.8 Å². The summed E-state index contributed by atoms with van der Waals surface area (Å²) in [6, 6.07) is 16.4. The molecule has 3 aromatic rings. The van der Waals surface area contributed by atoms with E-state index >= 15 is 0 Å². The lowest BCUT2D eigenvalue weighted by atomic mass is 10.2. The molecule has 1 fully saturated rings. The van der Waals surface area contributed by atoms with Crippen LogP contribution < -0.4 is 10.6 Å². The van der Waals surface area contributed by atoms with Crippen molar-refractivity contribution >= 4 is 23.2 Å². The lowest BCUT2D eigenvalue weighted by Crippen LogP contribution is -2.29. The molecule has 1 atom stereocenters. The maximum atomic E-state index is 12.4. The zero-order valence-corrected chi connectivity index (χ0v) is 17.3. The van der Waals surface area contributed by atoms with Crippen LogP contribution in [0.15, 0.2) is 60.8 Å². The minimum Gasteiger partial charge on any atom is -0.392 e. The molecule has 160 valence electrons. The average Bonchev–Trinajstić information content (AvgIpc) is 3.36. The Morgan fingerprint density at radius 3 is 2.42 bits per heavy atom. The van der Waals surface area contributed by atoms with Crippen LogP contribution in [0.3, 0.4) is 0 Å². The summed E-state index contributed by atoms with van der Waals surface area (Å²) in [7, 11) is 0. The second-order valence-electron chi connectivity index (χ2n) is 7.72. The van der Waals surface area contributed by atoms with Crippen molar-refractivity contribution in [1.82, 2.24) is 14.7 Å². The molecule has 0 aliphatic carbocycles. The van der Waals surface area contributed by atoms with Crippen molar-refractivity contribution in [2.75, 3.05) is 23.7 Å². The number of carbonyl (C=O) groups is 2. The molecule has 3 N–H and O–H groups in total. The largest absolute Gasteiger partial charge is 0.392 e. The lowest BCUT2D eigenvalue weighted by molar-refractivity contribution is -0.132. The second kappa shape index (κ2) is 9.11. The Morgan fingerprint density at radius 2 is 1.77 bits per heavy atom. The number of nitrogens with zero attached hydrogens (tertiary/aromatic N) is 3. The number of likely N-dealkylation sites (tertiary alicyclic amines) is 1. The van der Waals surface area contributed by atoms with Gasteiger partial charge < -0.3 is 15.7 Å². The van der Waals surface area contributed by atoms with Gasteiger partial charge in [-0.3, -0.25) is 14.5 Å². The zero-order valence-electron chi connectivity index (χ0n) is 17.3. The van der Waals surface area contributed by atoms with E-state index in [1.54, 1.807) is 35.1 Å². The summed E-state index contributed by atoms with van der Waals surface area (Å²) < 4.78 is 1.75. The van der Waals surface area contributed by atoms with Crippen LogP contribution in [0.2, 0.25) is 0 Å². The maximum absolute atomic E-state index is 12.4. The molecule has 4 rings (SSSR count). The van der Waals surface area contributed by atoms with Gasteiger partial charge in [0.05, 0.1) is 11.8 Å². The number of carbonyl (C=O) groups excluding carboxylic acids is 2. The number of amides is 2. The Hall–Kier alpha value is -3.49. The molecular formula is C23H25N5O3. The van der Waals surface area contributed by atoms with Gasteiger partial charge in [0.2, 0.25) is 0 Å². The highest BCUT2D eigenvalue weighted by molar-refractivity contribution is 6.43. The van der Waals surface area contributed by atoms with E-state index < -0.39 is 11.8 Å². The first-order chi connectivity index (χ1) is 15.0. The summed E-state index contributed by atoms with van der Waals surface area (Å²) in [5, 5.41) is 19.2. The van der Waals surface area contributed by atoms with E-state index in [-0.39, 0.29) is 6.10 Å². The van der Waals surface area contributed by atoms with E-state index in [2.05, 4.69) is 20.6 Å². The van der Waals surface area contributed by atoms with Crippen molar-refractivity contribution < 1.29 is 14.7 Å². The summed E-state index contributed by atoms with van der Waals surface area (Å²) in [5.41, 5.74) is 3.83. The van der Waals surface area contributed by atoms with Gasteiger partial charge in [-0.25, -0.2) is 4.68 Å². The van der Waals surface area contributed by atoms with Gasteiger partial charge in [0, 0.05) is 42.9 Å². The minimum atomic E-state index is -0.748. The number of benzene rings is 2. The summed E-state index contributed by atoms with van der Waals surface area (Å²) in [6.07, 6.45) is 2.20. The predicted molar refractivity (Wildman–Crippen MR) is 118 cm³/mol. The van der Waals surface area contributed by atoms with E-state index in [1.165, 1.54) is 0 Å². The molecular weight excluding hydrogens is 394 g/mol. The Bertz CT molecular complexity index is 1090. The second-order valence-corrected chi connectivity index (χ2v) is 7.72. The number of aryl methyl sites for hydroxylation is 1. The molecule has 2 amide bonds. The fraction of sp³-hybridized carbons (Fsp3) is 0.261. The van der Waals surface area contributed by atoms with Gasteiger partial charge >= 0.3 is 11.8 Å². The van der Waals surface area contributed by atoms with E-state index in [0.717, 1.165) is 29.9 Å². The van der Waals surface area contributed by atoms with Crippen molar-refractivity contribution in [3.63, 3.8) is 0 Å². The van der Waals surface area contributed by atoms with Gasteiger partial charge in [-0.05, 0) is 55.3 Å². The first-order valence-corrected chi connectivity index (χ1v) is 10.2. The van der Waals surface area contributed by atoms with Crippen molar-refractivity contribution in [1.29, 1.82) is 0 Å². The van der Waals surface area contributed by atoms with Crippen LogP contribution in [0.25, 0.3) is 5.69 Å². The molecule has 31 heavy (non-hydrogen) atoms. The number of hydrogen-bond donors (Lipinski definition) is 3. The third kappa shape index (κ3) is 5.17. The summed E-state index contributed by atoms with van der Waals surface area (Å²) in [4.78, 5) is 27.0. The first kappa shape index (κ1) is 20.8. The Morgan fingerprint density at radius 1 is 1.06 bits per heavy atom. The molecule has 8 heteroatoms. The van der Waals surface area contributed by atoms with Crippen molar-refractivity contribution in [2.24, 2.45) is 0 Å². The molecule has 0 bridgehead atoms. The Kier molecular flexibility index (Phi) is 6.11. The molecule has 1 unspecified atom stereocenters. The van der Waals surface area contributed by atoms with Crippen molar-refractivity contribution in [2.45, 2.75) is 26.0 Å². The molecule has 1 aromatic heterocycles. The van der Waals surface area contributed by atoms with Gasteiger partial charge in [0.15, 0.2) is 0 Å². The predicted octanol–water partition coefficient (Wildman–Crippen LogP) is 2.32. The fourth-order valence-corrected chi connectivity index (χ4v) is 3.69. The smallest absolute Gasteiger partial charge is 0.314 e. The lowest BCUT2D eigenvalue weighted by Gasteiger charge is -2.15. The summed E-state index contributed by atoms with van der Waals surface area (Å²) in [6.45, 7) is 4.12. The number of anilines is 2. The molecule has 0 radical (unpaired) electrons. The number of nitrogens with one attached hydrogen (secondary N) is 2. The molecule has 0 spiro atoms. The van der Waals surface area contributed by atoms with Gasteiger partial charge in [-0.2, -0.15) is 5.10 Å². The topological polar surface area (TPSA) is 99.5 Å². The van der Waals surface area contributed by atoms with Crippen molar-refractivity contribution in [3.8, 4) is 5.69 Å². The molecule has 0 saturated carbocycles. The number of aliphatic hydroxyl groups is 1. The van der Waals surface area contributed by atoms with Gasteiger partial charge in [-0.1, -0.05) is 18.2 Å². The number of aromatic nitrogens is 2. The van der Waals surface area contributed by atoms with Gasteiger partial charge in [-0.15, -0.1) is 0 Å². The van der Waals surface area contributed by atoms with Crippen LogP contribution in [0.4, 0.5) is 11.4 Å². The molecule has 1 saturated heterocycles. The highest BCUT2D eigenvalue weighted by Gasteiger charge is 2.20. The van der Waals surface area contributed by atoms with E-state index in [0.29, 0.717) is 24.5 Å². The third-order valence-electron chi connectivity index (χ3n) is 5.23. The van der Waals surface area contributed by atoms with E-state index in [9.17, 15) is 14.7 Å². The molecule has 1 aliphatic heterocycles. The summed E-state index contributed by atoms with van der Waals surface area (Å²) >= 11 is 0. The number of hydrogen-bond acceptors (Lipinski definition) is 5. The van der Waals surface area contributed by atoms with Crippen molar-refractivity contribution in [3.05, 3.63) is 72.1 Å². The Balaban J connectivity index is 1.37.